The highest BCUT2D eigenvalue weighted by Gasteiger charge is 2.25. The van der Waals surface area contributed by atoms with E-state index in [4.69, 9.17) is 9.47 Å². The molecule has 146 valence electrons. The molecule has 8 heteroatoms. The fourth-order valence-electron chi connectivity index (χ4n) is 2.36. The molecule has 0 aliphatic carbocycles. The third kappa shape index (κ3) is 7.37. The Morgan fingerprint density at radius 2 is 1.92 bits per heavy atom. The first-order valence-corrected chi connectivity index (χ1v) is 10.2. The Labute approximate surface area is 164 Å². The summed E-state index contributed by atoms with van der Waals surface area (Å²) in [4.78, 5) is 38.0. The molecule has 1 aromatic heterocycles. The van der Waals surface area contributed by atoms with Gasteiger partial charge < -0.3 is 14.8 Å². The first kappa shape index (κ1) is 22.5. The van der Waals surface area contributed by atoms with Gasteiger partial charge in [0.25, 0.3) is 5.91 Å². The monoisotopic (exact) mass is 401 g/mol. The van der Waals surface area contributed by atoms with E-state index in [1.165, 1.54) is 11.3 Å². The lowest BCUT2D eigenvalue weighted by Crippen LogP contribution is -2.42. The summed E-state index contributed by atoms with van der Waals surface area (Å²) in [5.74, 6) is -0.490. The van der Waals surface area contributed by atoms with Crippen LogP contribution in [0, 0.1) is 6.92 Å². The Bertz CT molecular complexity index is 615. The summed E-state index contributed by atoms with van der Waals surface area (Å²) >= 11 is 5.62. The fourth-order valence-corrected chi connectivity index (χ4v) is 3.63. The molecule has 0 aromatic carbocycles. The van der Waals surface area contributed by atoms with Crippen LogP contribution in [-0.2, 0) is 25.5 Å². The molecule has 0 spiro atoms. The zero-order valence-corrected chi connectivity index (χ0v) is 17.2. The maximum Gasteiger partial charge on any atom is 0.328 e. The van der Waals surface area contributed by atoms with Gasteiger partial charge in [0, 0.05) is 11.3 Å². The lowest BCUT2D eigenvalue weighted by molar-refractivity contribution is -0.146. The minimum Gasteiger partial charge on any atom is -0.466 e. The van der Waals surface area contributed by atoms with Gasteiger partial charge in [0.2, 0.25) is 0 Å². The zero-order valence-electron chi connectivity index (χ0n) is 15.5. The van der Waals surface area contributed by atoms with Crippen LogP contribution in [0.5, 0.6) is 0 Å². The van der Waals surface area contributed by atoms with Crippen molar-refractivity contribution in [2.45, 2.75) is 52.5 Å². The largest absolute Gasteiger partial charge is 0.466 e. The second-order valence-corrected chi connectivity index (χ2v) is 7.26. The van der Waals surface area contributed by atoms with E-state index in [0.717, 1.165) is 29.0 Å². The average Bonchev–Trinajstić information content (AvgIpc) is 2.97. The Balaban J connectivity index is 2.79. The number of esters is 2. The highest BCUT2D eigenvalue weighted by atomic mass is 32.1. The number of aryl methyl sites for hydroxylation is 2. The van der Waals surface area contributed by atoms with Crippen LogP contribution in [0.3, 0.4) is 0 Å². The maximum absolute atomic E-state index is 12.6. The normalized spacial score (nSPS) is 11.7. The Morgan fingerprint density at radius 3 is 2.54 bits per heavy atom. The van der Waals surface area contributed by atoms with E-state index in [1.807, 2.05) is 13.0 Å². The SMILES string of the molecule is CCOC(=O)CC[C@H](NC(=O)c1sc(CCCS)cc1C)C(=O)OCC. The van der Waals surface area contributed by atoms with E-state index in [9.17, 15) is 14.4 Å². The van der Waals surface area contributed by atoms with Crippen molar-refractivity contribution in [3.05, 3.63) is 21.4 Å². The molecule has 1 heterocycles. The molecule has 0 unspecified atom stereocenters. The molecule has 1 amide bonds. The number of nitrogens with one attached hydrogen (secondary N) is 1. The highest BCUT2D eigenvalue weighted by Crippen LogP contribution is 2.23. The number of rotatable bonds is 11. The number of thiol groups is 1. The number of amides is 1. The van der Waals surface area contributed by atoms with Crippen LogP contribution >= 0.6 is 24.0 Å². The number of carbonyl (C=O) groups excluding carboxylic acids is 3. The average molecular weight is 402 g/mol. The summed E-state index contributed by atoms with van der Waals surface area (Å²) in [5, 5.41) is 2.70. The van der Waals surface area contributed by atoms with Crippen molar-refractivity contribution in [3.63, 3.8) is 0 Å². The smallest absolute Gasteiger partial charge is 0.328 e. The van der Waals surface area contributed by atoms with Crippen LogP contribution in [0.25, 0.3) is 0 Å². The molecule has 0 aliphatic heterocycles. The van der Waals surface area contributed by atoms with Crippen molar-refractivity contribution in [3.8, 4) is 0 Å². The van der Waals surface area contributed by atoms with Gasteiger partial charge in [0.1, 0.15) is 6.04 Å². The molecule has 1 rings (SSSR count). The Morgan fingerprint density at radius 1 is 1.23 bits per heavy atom. The zero-order chi connectivity index (χ0) is 19.5. The maximum atomic E-state index is 12.6. The van der Waals surface area contributed by atoms with Crippen molar-refractivity contribution < 1.29 is 23.9 Å². The Hall–Kier alpha value is -1.54. The first-order chi connectivity index (χ1) is 12.4. The third-order valence-electron chi connectivity index (χ3n) is 3.58. The lowest BCUT2D eigenvalue weighted by atomic mass is 10.1. The minimum atomic E-state index is -0.880. The van der Waals surface area contributed by atoms with Crippen molar-refractivity contribution in [1.82, 2.24) is 5.32 Å². The minimum absolute atomic E-state index is 0.0359. The van der Waals surface area contributed by atoms with E-state index >= 15 is 0 Å². The van der Waals surface area contributed by atoms with Gasteiger partial charge in [0.15, 0.2) is 0 Å². The molecule has 1 aromatic rings. The lowest BCUT2D eigenvalue weighted by Gasteiger charge is -2.16. The molecule has 26 heavy (non-hydrogen) atoms. The number of hydrogen-bond acceptors (Lipinski definition) is 7. The molecule has 0 aliphatic rings. The summed E-state index contributed by atoms with van der Waals surface area (Å²) in [6.07, 6.45) is 1.98. The number of hydrogen-bond donors (Lipinski definition) is 2. The van der Waals surface area contributed by atoms with Crippen molar-refractivity contribution in [2.24, 2.45) is 0 Å². The van der Waals surface area contributed by atoms with Crippen molar-refractivity contribution >= 4 is 41.8 Å². The van der Waals surface area contributed by atoms with E-state index in [-0.39, 0.29) is 32.0 Å². The van der Waals surface area contributed by atoms with Gasteiger partial charge in [-0.25, -0.2) is 4.79 Å². The van der Waals surface area contributed by atoms with Crippen molar-refractivity contribution in [1.29, 1.82) is 0 Å². The van der Waals surface area contributed by atoms with Crippen LogP contribution in [0.15, 0.2) is 6.07 Å². The van der Waals surface area contributed by atoms with Crippen LogP contribution in [0.4, 0.5) is 0 Å². The van der Waals surface area contributed by atoms with Crippen molar-refractivity contribution in [2.75, 3.05) is 19.0 Å². The topological polar surface area (TPSA) is 81.7 Å². The summed E-state index contributed by atoms with van der Waals surface area (Å²) in [5.41, 5.74) is 0.870. The summed E-state index contributed by atoms with van der Waals surface area (Å²) in [6.45, 7) is 5.76. The molecule has 0 saturated heterocycles. The second-order valence-electron chi connectivity index (χ2n) is 5.67. The van der Waals surface area contributed by atoms with E-state index in [1.54, 1.807) is 13.8 Å². The van der Waals surface area contributed by atoms with Gasteiger partial charge >= 0.3 is 11.9 Å². The van der Waals surface area contributed by atoms with E-state index in [2.05, 4.69) is 17.9 Å². The molecule has 0 bridgehead atoms. The molecule has 0 radical (unpaired) electrons. The molecular weight excluding hydrogens is 374 g/mol. The van der Waals surface area contributed by atoms with Gasteiger partial charge in [-0.3, -0.25) is 9.59 Å². The second kappa shape index (κ2) is 12.0. The highest BCUT2D eigenvalue weighted by molar-refractivity contribution is 7.80. The Kier molecular flexibility index (Phi) is 10.3. The van der Waals surface area contributed by atoms with E-state index < -0.39 is 18.0 Å². The third-order valence-corrected chi connectivity index (χ3v) is 5.19. The summed E-state index contributed by atoms with van der Waals surface area (Å²) < 4.78 is 9.88. The first-order valence-electron chi connectivity index (χ1n) is 8.76. The van der Waals surface area contributed by atoms with Gasteiger partial charge in [0.05, 0.1) is 18.1 Å². The van der Waals surface area contributed by atoms with Gasteiger partial charge in [-0.15, -0.1) is 11.3 Å². The van der Waals surface area contributed by atoms with Crippen LogP contribution in [-0.4, -0.2) is 42.9 Å². The number of ether oxygens (including phenoxy) is 2. The molecule has 6 nitrogen and oxygen atoms in total. The predicted octanol–water partition coefficient (Wildman–Crippen LogP) is 2.92. The molecule has 1 atom stereocenters. The summed E-state index contributed by atoms with van der Waals surface area (Å²) in [6, 6.07) is 1.11. The molecular formula is C18H27NO5S2. The predicted molar refractivity (Wildman–Crippen MR) is 105 cm³/mol. The summed E-state index contributed by atoms with van der Waals surface area (Å²) in [7, 11) is 0. The molecule has 1 N–H and O–H groups in total. The van der Waals surface area contributed by atoms with Gasteiger partial charge in [-0.05, 0) is 57.4 Å². The standard InChI is InChI=1S/C18H27NO5S2/c1-4-23-15(20)9-8-14(18(22)24-5-2)19-17(21)16-12(3)11-13(26-16)7-6-10-25/h11,14,25H,4-10H2,1-3H3,(H,19,21)/t14-/m0/s1. The quantitative estimate of drug-likeness (QED) is 0.440. The van der Waals surface area contributed by atoms with Crippen LogP contribution in [0.2, 0.25) is 0 Å². The number of carbonyl (C=O) groups is 3. The van der Waals surface area contributed by atoms with Crippen LogP contribution < -0.4 is 5.32 Å². The van der Waals surface area contributed by atoms with Crippen LogP contribution in [0.1, 0.15) is 53.2 Å². The number of thiophene rings is 1. The van der Waals surface area contributed by atoms with Gasteiger partial charge in [-0.2, -0.15) is 12.6 Å². The van der Waals surface area contributed by atoms with E-state index in [0.29, 0.717) is 4.88 Å². The van der Waals surface area contributed by atoms with Gasteiger partial charge in [-0.1, -0.05) is 0 Å². The molecule has 0 fully saturated rings. The molecule has 0 saturated carbocycles. The fraction of sp³-hybridized carbons (Fsp3) is 0.611.